The third-order valence-corrected chi connectivity index (χ3v) is 8.10. The van der Waals surface area contributed by atoms with E-state index in [2.05, 4.69) is 32.2 Å². The molecule has 3 nitrogen and oxygen atoms in total. The molecule has 3 N–H and O–H groups in total. The summed E-state index contributed by atoms with van der Waals surface area (Å²) in [5, 5.41) is 23.7. The van der Waals surface area contributed by atoms with Gasteiger partial charge < -0.3 is 15.5 Å². The molecule has 1 aliphatic heterocycles. The number of aryl methyl sites for hydroxylation is 1. The molecule has 0 saturated heterocycles. The Labute approximate surface area is 153 Å². The second kappa shape index (κ2) is 6.03. The van der Waals surface area contributed by atoms with Crippen molar-refractivity contribution < 1.29 is 10.2 Å². The molecule has 4 rings (SSSR count). The number of benzene rings is 1. The maximum Gasteiger partial charge on any atom is 0.157 e. The highest BCUT2D eigenvalue weighted by Crippen LogP contribution is 2.49. The molecule has 0 fully saturated rings. The number of phenols is 2. The summed E-state index contributed by atoms with van der Waals surface area (Å²) in [5.41, 5.74) is 4.01. The van der Waals surface area contributed by atoms with Gasteiger partial charge in [0.1, 0.15) is 0 Å². The first-order valence-electron chi connectivity index (χ1n) is 9.38. The summed E-state index contributed by atoms with van der Waals surface area (Å²) in [5.74, 6) is 0.281. The Morgan fingerprint density at radius 3 is 2.56 bits per heavy atom. The molecule has 0 unspecified atom stereocenters. The molecule has 0 amide bonds. The molecule has 0 saturated carbocycles. The van der Waals surface area contributed by atoms with Crippen LogP contribution in [0.4, 0.5) is 0 Å². The fourth-order valence-corrected chi connectivity index (χ4v) is 6.02. The average molecular weight is 358 g/mol. The van der Waals surface area contributed by atoms with E-state index < -0.39 is 0 Å². The number of phenolic OH excluding ortho intramolecular Hbond substituents is 2. The van der Waals surface area contributed by atoms with Crippen LogP contribution in [0.1, 0.15) is 72.4 Å². The number of rotatable bonds is 3. The monoisotopic (exact) mass is 357 g/mol. The molecule has 1 aromatic heterocycles. The summed E-state index contributed by atoms with van der Waals surface area (Å²) in [6, 6.07) is 6.37. The van der Waals surface area contributed by atoms with Gasteiger partial charge in [0.15, 0.2) is 11.5 Å². The van der Waals surface area contributed by atoms with E-state index in [0.29, 0.717) is 6.04 Å². The quantitative estimate of drug-likeness (QED) is 0.693. The van der Waals surface area contributed by atoms with E-state index in [1.807, 2.05) is 11.3 Å². The minimum atomic E-state index is -0.00439. The Hall–Kier alpha value is -1.52. The maximum atomic E-state index is 10.1. The Morgan fingerprint density at radius 1 is 1.12 bits per heavy atom. The van der Waals surface area contributed by atoms with Gasteiger partial charge in [-0.15, -0.1) is 11.3 Å². The van der Waals surface area contributed by atoms with Gasteiger partial charge in [0, 0.05) is 33.7 Å². The molecule has 2 heterocycles. The summed E-state index contributed by atoms with van der Waals surface area (Å²) < 4.78 is 0. The number of nitrogens with one attached hydrogen (secondary N) is 1. The van der Waals surface area contributed by atoms with Gasteiger partial charge in [0.05, 0.1) is 0 Å². The molecule has 25 heavy (non-hydrogen) atoms. The topological polar surface area (TPSA) is 52.5 Å². The zero-order valence-electron chi connectivity index (χ0n) is 15.2. The number of aromatic hydroxyl groups is 2. The largest absolute Gasteiger partial charge is 0.504 e. The minimum Gasteiger partial charge on any atom is -0.504 e. The van der Waals surface area contributed by atoms with Crippen molar-refractivity contribution in [1.82, 2.24) is 5.32 Å². The first-order chi connectivity index (χ1) is 12.0. The molecule has 2 aromatic rings. The van der Waals surface area contributed by atoms with Gasteiger partial charge in [-0.3, -0.25) is 0 Å². The summed E-state index contributed by atoms with van der Waals surface area (Å²) >= 11 is 1.97. The lowest BCUT2D eigenvalue weighted by Crippen LogP contribution is -2.41. The van der Waals surface area contributed by atoms with E-state index in [1.54, 1.807) is 12.1 Å². The zero-order valence-corrected chi connectivity index (χ0v) is 16.0. The number of fused-ring (bicyclic) bond motifs is 5. The number of hydrogen-bond acceptors (Lipinski definition) is 4. The maximum absolute atomic E-state index is 10.1. The average Bonchev–Trinajstić information content (AvgIpc) is 3.06. The molecule has 1 aliphatic carbocycles. The lowest BCUT2D eigenvalue weighted by Gasteiger charge is -2.38. The summed E-state index contributed by atoms with van der Waals surface area (Å²) in [7, 11) is 0. The molecule has 2 aliphatic rings. The van der Waals surface area contributed by atoms with Gasteiger partial charge in [-0.2, -0.15) is 0 Å². The molecule has 0 bridgehead atoms. The van der Waals surface area contributed by atoms with Gasteiger partial charge in [0.2, 0.25) is 0 Å². The van der Waals surface area contributed by atoms with Crippen molar-refractivity contribution >= 4 is 11.3 Å². The van der Waals surface area contributed by atoms with E-state index >= 15 is 0 Å². The smallest absolute Gasteiger partial charge is 0.157 e. The molecule has 0 radical (unpaired) electrons. The van der Waals surface area contributed by atoms with E-state index in [9.17, 15) is 10.2 Å². The molecular formula is C21H27NO2S. The second-order valence-electron chi connectivity index (χ2n) is 7.81. The van der Waals surface area contributed by atoms with Crippen molar-refractivity contribution in [3.8, 4) is 11.5 Å². The zero-order chi connectivity index (χ0) is 17.8. The van der Waals surface area contributed by atoms with Crippen LogP contribution in [0, 0.1) is 0 Å². The molecule has 134 valence electrons. The Balaban J connectivity index is 1.84. The van der Waals surface area contributed by atoms with Crippen LogP contribution >= 0.6 is 11.3 Å². The predicted molar refractivity (Wildman–Crippen MR) is 103 cm³/mol. The van der Waals surface area contributed by atoms with Crippen molar-refractivity contribution in [2.75, 3.05) is 0 Å². The molecule has 2 atom stereocenters. The third kappa shape index (κ3) is 2.58. The van der Waals surface area contributed by atoms with Gasteiger partial charge >= 0.3 is 0 Å². The highest BCUT2D eigenvalue weighted by molar-refractivity contribution is 7.12. The van der Waals surface area contributed by atoms with E-state index in [-0.39, 0.29) is 22.8 Å². The third-order valence-electron chi connectivity index (χ3n) is 6.53. The standard InChI is InChI=1S/C21H27NO2S/c1-4-21(3,5-2)18-9-13-11-22-15-7-6-12-8-16(23)17(24)10-14(12)19(15)20(13)25-18/h8-10,15,19,22-24H,4-7,11H2,1-3H3/t15-,19-/m0/s1. The first kappa shape index (κ1) is 16.9. The van der Waals surface area contributed by atoms with Crippen molar-refractivity contribution in [3.05, 3.63) is 44.6 Å². The Bertz CT molecular complexity index is 806. The molecule has 0 spiro atoms. The van der Waals surface area contributed by atoms with E-state index in [0.717, 1.165) is 32.2 Å². The lowest BCUT2D eigenvalue weighted by molar-refractivity contribution is 0.383. The van der Waals surface area contributed by atoms with E-state index in [1.165, 1.54) is 26.4 Å². The van der Waals surface area contributed by atoms with E-state index in [4.69, 9.17) is 0 Å². The van der Waals surface area contributed by atoms with Gasteiger partial charge in [-0.25, -0.2) is 0 Å². The highest BCUT2D eigenvalue weighted by Gasteiger charge is 2.38. The summed E-state index contributed by atoms with van der Waals surface area (Å²) in [6.45, 7) is 7.86. The van der Waals surface area contributed by atoms with Crippen LogP contribution in [-0.2, 0) is 18.4 Å². The van der Waals surface area contributed by atoms with Crippen molar-refractivity contribution in [2.24, 2.45) is 0 Å². The van der Waals surface area contributed by atoms with Crippen LogP contribution in [-0.4, -0.2) is 16.3 Å². The highest BCUT2D eigenvalue weighted by atomic mass is 32.1. The summed E-state index contributed by atoms with van der Waals surface area (Å²) in [6.07, 6.45) is 4.32. The van der Waals surface area contributed by atoms with Crippen molar-refractivity contribution in [2.45, 2.75) is 70.4 Å². The van der Waals surface area contributed by atoms with Gasteiger partial charge in [0.25, 0.3) is 0 Å². The Morgan fingerprint density at radius 2 is 1.84 bits per heavy atom. The fourth-order valence-electron chi connectivity index (χ4n) is 4.36. The van der Waals surface area contributed by atoms with Crippen LogP contribution < -0.4 is 5.32 Å². The molecular weight excluding hydrogens is 330 g/mol. The van der Waals surface area contributed by atoms with Gasteiger partial charge in [-0.05, 0) is 60.6 Å². The lowest BCUT2D eigenvalue weighted by atomic mass is 9.75. The van der Waals surface area contributed by atoms with Crippen molar-refractivity contribution in [3.63, 3.8) is 0 Å². The summed E-state index contributed by atoms with van der Waals surface area (Å²) in [4.78, 5) is 2.94. The SMILES string of the molecule is CCC(C)(CC)c1cc2c(s1)[C@H]1c3cc(O)c(O)cc3CC[C@@H]1NC2. The van der Waals surface area contributed by atoms with Gasteiger partial charge in [-0.1, -0.05) is 20.8 Å². The van der Waals surface area contributed by atoms with Crippen molar-refractivity contribution in [1.29, 1.82) is 0 Å². The second-order valence-corrected chi connectivity index (χ2v) is 8.90. The number of thiophene rings is 1. The normalized spacial score (nSPS) is 22.2. The fraction of sp³-hybridized carbons (Fsp3) is 0.524. The van der Waals surface area contributed by atoms with Crippen LogP contribution in [0.15, 0.2) is 18.2 Å². The Kier molecular flexibility index (Phi) is 4.08. The molecule has 1 aromatic carbocycles. The first-order valence-corrected chi connectivity index (χ1v) is 10.2. The molecule has 4 heteroatoms. The van der Waals surface area contributed by atoms with Crippen LogP contribution in [0.2, 0.25) is 0 Å². The van der Waals surface area contributed by atoms with Crippen LogP contribution in [0.25, 0.3) is 0 Å². The van der Waals surface area contributed by atoms with Crippen LogP contribution in [0.5, 0.6) is 11.5 Å². The van der Waals surface area contributed by atoms with Crippen LogP contribution in [0.3, 0.4) is 0 Å². The predicted octanol–water partition coefficient (Wildman–Crippen LogP) is 4.79. The number of hydrogen-bond donors (Lipinski definition) is 3. The minimum absolute atomic E-state index is 0.00222.